The van der Waals surface area contributed by atoms with Crippen molar-refractivity contribution in [2.24, 2.45) is 0 Å². The maximum Gasteiger partial charge on any atom is 0.276 e. The van der Waals surface area contributed by atoms with Crippen molar-refractivity contribution in [2.75, 3.05) is 13.1 Å². The van der Waals surface area contributed by atoms with Gasteiger partial charge in [0.2, 0.25) is 0 Å². The summed E-state index contributed by atoms with van der Waals surface area (Å²) in [6.07, 6.45) is 0.126. The van der Waals surface area contributed by atoms with Gasteiger partial charge >= 0.3 is 0 Å². The molecule has 0 radical (unpaired) electrons. The number of aromatic nitrogens is 3. The van der Waals surface area contributed by atoms with E-state index in [9.17, 15) is 4.79 Å². The van der Waals surface area contributed by atoms with Crippen molar-refractivity contribution in [2.45, 2.75) is 52.8 Å². The molecule has 0 bridgehead atoms. The summed E-state index contributed by atoms with van der Waals surface area (Å²) >= 11 is 0. The molecule has 7 nitrogen and oxygen atoms in total. The number of amides is 1. The Kier molecular flexibility index (Phi) is 6.84. The number of carbonyl (C=O) groups excluding carboxylic acids is 1. The van der Waals surface area contributed by atoms with E-state index in [0.29, 0.717) is 12.2 Å². The second-order valence-electron chi connectivity index (χ2n) is 7.08. The van der Waals surface area contributed by atoms with Gasteiger partial charge in [-0.15, -0.1) is 17.5 Å². The molecule has 2 heterocycles. The van der Waals surface area contributed by atoms with Gasteiger partial charge in [-0.3, -0.25) is 4.79 Å². The fraction of sp³-hybridized carbons (Fsp3) is 0.526. The van der Waals surface area contributed by atoms with Crippen molar-refractivity contribution in [1.82, 2.24) is 25.2 Å². The van der Waals surface area contributed by atoms with Gasteiger partial charge in [-0.25, -0.2) is 4.68 Å². The molecular formula is C19H28ClN5O2. The van der Waals surface area contributed by atoms with Crippen LogP contribution in [0.1, 0.15) is 43.9 Å². The highest BCUT2D eigenvalue weighted by Crippen LogP contribution is 2.20. The van der Waals surface area contributed by atoms with E-state index in [-0.39, 0.29) is 36.5 Å². The van der Waals surface area contributed by atoms with E-state index in [4.69, 9.17) is 4.74 Å². The Hall–Kier alpha value is -2.12. The van der Waals surface area contributed by atoms with E-state index in [2.05, 4.69) is 29.5 Å². The average molecular weight is 394 g/mol. The zero-order chi connectivity index (χ0) is 18.8. The van der Waals surface area contributed by atoms with Gasteiger partial charge in [0.1, 0.15) is 5.75 Å². The predicted octanol–water partition coefficient (Wildman–Crippen LogP) is 2.61. The number of ether oxygens (including phenoxy) is 1. The molecular weight excluding hydrogens is 366 g/mol. The van der Waals surface area contributed by atoms with Crippen LogP contribution in [0.5, 0.6) is 5.75 Å². The van der Waals surface area contributed by atoms with Crippen LogP contribution in [-0.2, 0) is 0 Å². The minimum absolute atomic E-state index is 0. The second kappa shape index (κ2) is 8.71. The normalized spacial score (nSPS) is 19.7. The van der Waals surface area contributed by atoms with Gasteiger partial charge in [0.15, 0.2) is 5.69 Å². The largest absolute Gasteiger partial charge is 0.491 e. The van der Waals surface area contributed by atoms with E-state index >= 15 is 0 Å². The number of hydrogen-bond donors (Lipinski definition) is 1. The Balaban J connectivity index is 0.00000261. The van der Waals surface area contributed by atoms with Crippen molar-refractivity contribution >= 4 is 18.3 Å². The van der Waals surface area contributed by atoms with Crippen LogP contribution in [0.4, 0.5) is 0 Å². The van der Waals surface area contributed by atoms with Crippen LogP contribution in [0.3, 0.4) is 0 Å². The first kappa shape index (κ1) is 21.2. The molecule has 1 saturated heterocycles. The lowest BCUT2D eigenvalue weighted by atomic mass is 10.1. The van der Waals surface area contributed by atoms with Crippen LogP contribution in [0.15, 0.2) is 24.3 Å². The van der Waals surface area contributed by atoms with Crippen molar-refractivity contribution in [1.29, 1.82) is 0 Å². The van der Waals surface area contributed by atoms with Gasteiger partial charge in [0.25, 0.3) is 5.91 Å². The maximum atomic E-state index is 13.0. The molecule has 148 valence electrons. The molecule has 1 fully saturated rings. The lowest BCUT2D eigenvalue weighted by Crippen LogP contribution is -2.57. The average Bonchev–Trinajstić information content (AvgIpc) is 2.98. The third kappa shape index (κ3) is 4.42. The summed E-state index contributed by atoms with van der Waals surface area (Å²) in [5, 5.41) is 11.8. The van der Waals surface area contributed by atoms with E-state index < -0.39 is 0 Å². The maximum absolute atomic E-state index is 13.0. The number of benzene rings is 1. The standard InChI is InChI=1S/C19H27N5O2.ClH/c1-12(2)26-17-8-6-16(7-9-17)24-15(5)18(21-22-24)19(25)23-11-10-20-13(3)14(23)4;/h6-9,12-14,20H,10-11H2,1-5H3;1H. The summed E-state index contributed by atoms with van der Waals surface area (Å²) in [6, 6.07) is 8.02. The van der Waals surface area contributed by atoms with Gasteiger partial charge in [-0.05, 0) is 58.9 Å². The first-order valence-corrected chi connectivity index (χ1v) is 9.12. The van der Waals surface area contributed by atoms with E-state index in [1.54, 1.807) is 4.68 Å². The summed E-state index contributed by atoms with van der Waals surface area (Å²) in [6.45, 7) is 11.5. The van der Waals surface area contributed by atoms with Crippen LogP contribution >= 0.6 is 12.4 Å². The first-order chi connectivity index (χ1) is 12.4. The van der Waals surface area contributed by atoms with E-state index in [1.165, 1.54) is 0 Å². The molecule has 2 atom stereocenters. The minimum Gasteiger partial charge on any atom is -0.491 e. The molecule has 1 amide bonds. The molecule has 1 aromatic carbocycles. The third-order valence-corrected chi connectivity index (χ3v) is 4.85. The summed E-state index contributed by atoms with van der Waals surface area (Å²) in [5.74, 6) is 0.746. The van der Waals surface area contributed by atoms with Crippen molar-refractivity contribution in [3.8, 4) is 11.4 Å². The van der Waals surface area contributed by atoms with E-state index in [1.807, 2.05) is 49.9 Å². The lowest BCUT2D eigenvalue weighted by Gasteiger charge is -2.38. The second-order valence-corrected chi connectivity index (χ2v) is 7.08. The summed E-state index contributed by atoms with van der Waals surface area (Å²) < 4.78 is 7.36. The van der Waals surface area contributed by atoms with Gasteiger partial charge in [0, 0.05) is 25.2 Å². The molecule has 3 rings (SSSR count). The Labute approximate surface area is 166 Å². The summed E-state index contributed by atoms with van der Waals surface area (Å²) in [5.41, 5.74) is 2.01. The molecule has 0 saturated carbocycles. The topological polar surface area (TPSA) is 72.3 Å². The number of nitrogens with zero attached hydrogens (tertiary/aromatic N) is 4. The Morgan fingerprint density at radius 3 is 2.56 bits per heavy atom. The smallest absolute Gasteiger partial charge is 0.276 e. The minimum atomic E-state index is -0.0608. The Morgan fingerprint density at radius 2 is 1.93 bits per heavy atom. The monoisotopic (exact) mass is 393 g/mol. The Bertz CT molecular complexity index is 775. The van der Waals surface area contributed by atoms with Crippen molar-refractivity contribution in [3.05, 3.63) is 35.7 Å². The molecule has 27 heavy (non-hydrogen) atoms. The van der Waals surface area contributed by atoms with Crippen LogP contribution in [-0.4, -0.2) is 57.1 Å². The lowest BCUT2D eigenvalue weighted by molar-refractivity contribution is 0.0596. The highest BCUT2D eigenvalue weighted by atomic mass is 35.5. The molecule has 0 spiro atoms. The van der Waals surface area contributed by atoms with Crippen molar-refractivity contribution in [3.63, 3.8) is 0 Å². The zero-order valence-electron chi connectivity index (χ0n) is 16.5. The molecule has 2 aromatic rings. The predicted molar refractivity (Wildman–Crippen MR) is 107 cm³/mol. The fourth-order valence-electron chi connectivity index (χ4n) is 3.19. The molecule has 1 aromatic heterocycles. The van der Waals surface area contributed by atoms with Crippen LogP contribution < -0.4 is 10.1 Å². The SMILES string of the molecule is Cc1c(C(=O)N2CCNC(C)C2C)nnn1-c1ccc(OC(C)C)cc1.Cl. The molecule has 0 aliphatic carbocycles. The number of hydrogen-bond acceptors (Lipinski definition) is 5. The van der Waals surface area contributed by atoms with E-state index in [0.717, 1.165) is 23.7 Å². The third-order valence-electron chi connectivity index (χ3n) is 4.85. The highest BCUT2D eigenvalue weighted by molar-refractivity contribution is 5.93. The fourth-order valence-corrected chi connectivity index (χ4v) is 3.19. The number of piperazine rings is 1. The van der Waals surface area contributed by atoms with Crippen LogP contribution in [0.25, 0.3) is 5.69 Å². The molecule has 2 unspecified atom stereocenters. The number of carbonyl (C=O) groups is 1. The molecule has 1 N–H and O–H groups in total. The zero-order valence-corrected chi connectivity index (χ0v) is 17.3. The van der Waals surface area contributed by atoms with Crippen molar-refractivity contribution < 1.29 is 9.53 Å². The van der Waals surface area contributed by atoms with Crippen LogP contribution in [0, 0.1) is 6.92 Å². The van der Waals surface area contributed by atoms with Gasteiger partial charge in [-0.2, -0.15) is 0 Å². The quantitative estimate of drug-likeness (QED) is 0.864. The number of halogens is 1. The Morgan fingerprint density at radius 1 is 1.26 bits per heavy atom. The van der Waals surface area contributed by atoms with Gasteiger partial charge < -0.3 is 15.0 Å². The molecule has 1 aliphatic rings. The molecule has 8 heteroatoms. The highest BCUT2D eigenvalue weighted by Gasteiger charge is 2.31. The number of nitrogens with one attached hydrogen (secondary N) is 1. The van der Waals surface area contributed by atoms with Crippen LogP contribution in [0.2, 0.25) is 0 Å². The van der Waals surface area contributed by atoms with Gasteiger partial charge in [0.05, 0.1) is 17.5 Å². The summed E-state index contributed by atoms with van der Waals surface area (Å²) in [7, 11) is 0. The van der Waals surface area contributed by atoms with Gasteiger partial charge in [-0.1, -0.05) is 5.21 Å². The number of rotatable bonds is 4. The summed E-state index contributed by atoms with van der Waals surface area (Å²) in [4.78, 5) is 14.8. The molecule has 1 aliphatic heterocycles. The first-order valence-electron chi connectivity index (χ1n) is 9.12.